The Morgan fingerprint density at radius 2 is 1.71 bits per heavy atom. The summed E-state index contributed by atoms with van der Waals surface area (Å²) in [7, 11) is 0. The number of aryl methyl sites for hydroxylation is 3. The number of aromatic amines is 1. The zero-order chi connectivity index (χ0) is 17.1. The number of ketones is 1. The van der Waals surface area contributed by atoms with Crippen LogP contribution in [0.3, 0.4) is 0 Å². The third-order valence-corrected chi connectivity index (χ3v) is 4.15. The standard InChI is InChI=1S/C21H20N2O/c1-14-4-7-17(8-5-14)21(24)11-10-19-13-20(23-22-19)18-9-6-15(2)16(3)12-18/h4-13H,1-3H3,(H,22,23). The SMILES string of the molecule is Cc1ccc(C(=O)C=Cc2cc(-c3ccc(C)c(C)c3)n[nH]2)cc1. The molecule has 0 saturated carbocycles. The fourth-order valence-corrected chi connectivity index (χ4v) is 2.45. The summed E-state index contributed by atoms with van der Waals surface area (Å²) in [6, 6.07) is 15.8. The van der Waals surface area contributed by atoms with Gasteiger partial charge >= 0.3 is 0 Å². The van der Waals surface area contributed by atoms with Gasteiger partial charge in [0, 0.05) is 11.1 Å². The van der Waals surface area contributed by atoms with E-state index in [4.69, 9.17) is 0 Å². The summed E-state index contributed by atoms with van der Waals surface area (Å²) in [5.74, 6) is -0.0164. The number of aromatic nitrogens is 2. The first-order chi connectivity index (χ1) is 11.5. The van der Waals surface area contributed by atoms with E-state index in [2.05, 4.69) is 42.2 Å². The van der Waals surface area contributed by atoms with Crippen molar-refractivity contribution in [2.45, 2.75) is 20.8 Å². The van der Waals surface area contributed by atoms with Crippen molar-refractivity contribution in [1.29, 1.82) is 0 Å². The average molecular weight is 316 g/mol. The van der Waals surface area contributed by atoms with Crippen LogP contribution in [-0.4, -0.2) is 16.0 Å². The van der Waals surface area contributed by atoms with E-state index in [1.54, 1.807) is 12.2 Å². The van der Waals surface area contributed by atoms with Crippen molar-refractivity contribution in [1.82, 2.24) is 10.2 Å². The highest BCUT2D eigenvalue weighted by Gasteiger charge is 2.05. The Balaban J connectivity index is 1.77. The fraction of sp³-hybridized carbons (Fsp3) is 0.143. The highest BCUT2D eigenvalue weighted by molar-refractivity contribution is 6.06. The first kappa shape index (κ1) is 15.9. The van der Waals surface area contributed by atoms with Crippen LogP contribution >= 0.6 is 0 Å². The number of benzene rings is 2. The van der Waals surface area contributed by atoms with Gasteiger partial charge < -0.3 is 0 Å². The Morgan fingerprint density at radius 1 is 0.958 bits per heavy atom. The van der Waals surface area contributed by atoms with E-state index in [-0.39, 0.29) is 5.78 Å². The van der Waals surface area contributed by atoms with Gasteiger partial charge in [0.05, 0.1) is 11.4 Å². The van der Waals surface area contributed by atoms with Crippen LogP contribution in [0.15, 0.2) is 54.6 Å². The van der Waals surface area contributed by atoms with Gasteiger partial charge in [0.1, 0.15) is 0 Å². The summed E-state index contributed by atoms with van der Waals surface area (Å²) in [5.41, 5.74) is 7.08. The van der Waals surface area contributed by atoms with Crippen LogP contribution in [0, 0.1) is 20.8 Å². The maximum atomic E-state index is 12.2. The lowest BCUT2D eigenvalue weighted by molar-refractivity contribution is 0.104. The van der Waals surface area contributed by atoms with Gasteiger partial charge in [-0.2, -0.15) is 5.10 Å². The second-order valence-electron chi connectivity index (χ2n) is 6.07. The van der Waals surface area contributed by atoms with E-state index in [1.165, 1.54) is 11.1 Å². The monoisotopic (exact) mass is 316 g/mol. The second-order valence-corrected chi connectivity index (χ2v) is 6.07. The molecule has 2 aromatic carbocycles. The number of nitrogens with one attached hydrogen (secondary N) is 1. The molecule has 0 aliphatic rings. The van der Waals surface area contributed by atoms with Crippen LogP contribution in [-0.2, 0) is 0 Å². The molecule has 1 N–H and O–H groups in total. The molecule has 1 aromatic heterocycles. The Hall–Kier alpha value is -2.94. The minimum absolute atomic E-state index is 0.0164. The van der Waals surface area contributed by atoms with Gasteiger partial charge in [0.15, 0.2) is 5.78 Å². The van der Waals surface area contributed by atoms with E-state index >= 15 is 0 Å². The molecule has 0 aliphatic heterocycles. The summed E-state index contributed by atoms with van der Waals surface area (Å²) < 4.78 is 0. The molecule has 3 heteroatoms. The van der Waals surface area contributed by atoms with E-state index in [1.807, 2.05) is 37.3 Å². The molecule has 0 unspecified atom stereocenters. The molecule has 0 saturated heterocycles. The number of H-pyrrole nitrogens is 1. The second kappa shape index (κ2) is 6.67. The molecule has 0 aliphatic carbocycles. The molecule has 0 bridgehead atoms. The predicted molar refractivity (Wildman–Crippen MR) is 98.0 cm³/mol. The predicted octanol–water partition coefficient (Wildman–Crippen LogP) is 4.90. The molecule has 0 fully saturated rings. The van der Waals surface area contributed by atoms with Gasteiger partial charge in [0.25, 0.3) is 0 Å². The maximum absolute atomic E-state index is 12.2. The van der Waals surface area contributed by atoms with Crippen LogP contribution in [0.1, 0.15) is 32.7 Å². The lowest BCUT2D eigenvalue weighted by Gasteiger charge is -2.01. The molecule has 24 heavy (non-hydrogen) atoms. The molecule has 3 rings (SSSR count). The lowest BCUT2D eigenvalue weighted by atomic mass is 10.0. The molecule has 3 aromatic rings. The van der Waals surface area contributed by atoms with Gasteiger partial charge in [-0.3, -0.25) is 9.89 Å². The van der Waals surface area contributed by atoms with E-state index in [9.17, 15) is 4.79 Å². The smallest absolute Gasteiger partial charge is 0.185 e. The highest BCUT2D eigenvalue weighted by atomic mass is 16.1. The van der Waals surface area contributed by atoms with Crippen LogP contribution in [0.25, 0.3) is 17.3 Å². The maximum Gasteiger partial charge on any atom is 0.185 e. The lowest BCUT2D eigenvalue weighted by Crippen LogP contribution is -1.93. The van der Waals surface area contributed by atoms with Crippen molar-refractivity contribution < 1.29 is 4.79 Å². The molecular formula is C21H20N2O. The van der Waals surface area contributed by atoms with E-state index in [0.717, 1.165) is 22.5 Å². The number of carbonyl (C=O) groups excluding carboxylic acids is 1. The van der Waals surface area contributed by atoms with Gasteiger partial charge in [-0.25, -0.2) is 0 Å². The largest absolute Gasteiger partial charge is 0.289 e. The Labute approximate surface area is 142 Å². The number of hydrogen-bond acceptors (Lipinski definition) is 2. The number of rotatable bonds is 4. The van der Waals surface area contributed by atoms with Gasteiger partial charge in [0.2, 0.25) is 0 Å². The minimum Gasteiger partial charge on any atom is -0.289 e. The first-order valence-electron chi connectivity index (χ1n) is 7.95. The minimum atomic E-state index is -0.0164. The summed E-state index contributed by atoms with van der Waals surface area (Å²) in [5, 5.41) is 7.30. The van der Waals surface area contributed by atoms with Crippen molar-refractivity contribution >= 4 is 11.9 Å². The van der Waals surface area contributed by atoms with Crippen LogP contribution in [0.4, 0.5) is 0 Å². The van der Waals surface area contributed by atoms with Crippen LogP contribution < -0.4 is 0 Å². The van der Waals surface area contributed by atoms with Gasteiger partial charge in [-0.05, 0) is 56.2 Å². The van der Waals surface area contributed by atoms with Crippen LogP contribution in [0.5, 0.6) is 0 Å². The molecule has 0 spiro atoms. The zero-order valence-corrected chi connectivity index (χ0v) is 14.1. The zero-order valence-electron chi connectivity index (χ0n) is 14.1. The van der Waals surface area contributed by atoms with Crippen molar-refractivity contribution in [3.63, 3.8) is 0 Å². The molecule has 0 atom stereocenters. The molecule has 3 nitrogen and oxygen atoms in total. The molecule has 0 amide bonds. The quantitative estimate of drug-likeness (QED) is 0.550. The Kier molecular flexibility index (Phi) is 4.43. The van der Waals surface area contributed by atoms with Crippen molar-refractivity contribution in [3.8, 4) is 11.3 Å². The van der Waals surface area contributed by atoms with Crippen molar-refractivity contribution in [2.75, 3.05) is 0 Å². The summed E-state index contributed by atoms with van der Waals surface area (Å²) in [6.07, 6.45) is 3.34. The number of allylic oxidation sites excluding steroid dienone is 1. The summed E-state index contributed by atoms with van der Waals surface area (Å²) in [6.45, 7) is 6.18. The number of hydrogen-bond donors (Lipinski definition) is 1. The van der Waals surface area contributed by atoms with E-state index in [0.29, 0.717) is 5.56 Å². The van der Waals surface area contributed by atoms with Gasteiger partial charge in [-0.1, -0.05) is 42.0 Å². The molecule has 0 radical (unpaired) electrons. The third kappa shape index (κ3) is 3.51. The van der Waals surface area contributed by atoms with Crippen molar-refractivity contribution in [3.05, 3.63) is 82.6 Å². The molecular weight excluding hydrogens is 296 g/mol. The summed E-state index contributed by atoms with van der Waals surface area (Å²) in [4.78, 5) is 12.2. The highest BCUT2D eigenvalue weighted by Crippen LogP contribution is 2.21. The topological polar surface area (TPSA) is 45.8 Å². The normalized spacial score (nSPS) is 11.1. The number of nitrogens with zero attached hydrogens (tertiary/aromatic N) is 1. The summed E-state index contributed by atoms with van der Waals surface area (Å²) >= 11 is 0. The van der Waals surface area contributed by atoms with Crippen LogP contribution in [0.2, 0.25) is 0 Å². The molecule has 1 heterocycles. The first-order valence-corrected chi connectivity index (χ1v) is 7.95. The van der Waals surface area contributed by atoms with Crippen molar-refractivity contribution in [2.24, 2.45) is 0 Å². The Morgan fingerprint density at radius 3 is 2.42 bits per heavy atom. The third-order valence-electron chi connectivity index (χ3n) is 4.15. The van der Waals surface area contributed by atoms with E-state index < -0.39 is 0 Å². The molecule has 120 valence electrons. The van der Waals surface area contributed by atoms with Gasteiger partial charge in [-0.15, -0.1) is 0 Å². The number of carbonyl (C=O) groups is 1. The fourth-order valence-electron chi connectivity index (χ4n) is 2.45. The Bertz CT molecular complexity index is 902. The average Bonchev–Trinajstić information content (AvgIpc) is 3.05.